The van der Waals surface area contributed by atoms with Crippen LogP contribution in [-0.4, -0.2) is 5.91 Å². The summed E-state index contributed by atoms with van der Waals surface area (Å²) < 4.78 is 0. The number of carbonyl (C=O) groups excluding carboxylic acids is 1. The Bertz CT molecular complexity index is 130. The zero-order chi connectivity index (χ0) is 7.56. The van der Waals surface area contributed by atoms with Crippen molar-refractivity contribution in [2.24, 2.45) is 11.8 Å². The summed E-state index contributed by atoms with van der Waals surface area (Å²) in [5.74, 6) is 0.485. The molecule has 1 rings (SSSR count). The summed E-state index contributed by atoms with van der Waals surface area (Å²) in [4.78, 5) is 10.6. The summed E-state index contributed by atoms with van der Waals surface area (Å²) >= 11 is 0. The second-order valence-electron chi connectivity index (χ2n) is 3.32. The zero-order valence-electron chi connectivity index (χ0n) is 6.97. The SMILES string of the molecule is CC1CCC(C([NH-])=O)CC1.[Y]. The minimum absolute atomic E-state index is 0. The van der Waals surface area contributed by atoms with E-state index >= 15 is 0 Å². The maximum absolute atomic E-state index is 10.6. The molecule has 0 spiro atoms. The fraction of sp³-hybridized carbons (Fsp3) is 0.875. The predicted octanol–water partition coefficient (Wildman–Crippen LogP) is 2.39. The van der Waals surface area contributed by atoms with Gasteiger partial charge in [-0.05, 0) is 18.8 Å². The van der Waals surface area contributed by atoms with E-state index in [1.54, 1.807) is 0 Å². The van der Waals surface area contributed by atoms with Crippen LogP contribution in [0, 0.1) is 11.8 Å². The molecule has 2 nitrogen and oxygen atoms in total. The molecule has 0 bridgehead atoms. The molecule has 1 amide bonds. The van der Waals surface area contributed by atoms with E-state index in [-0.39, 0.29) is 44.5 Å². The molecule has 0 aromatic rings. The summed E-state index contributed by atoms with van der Waals surface area (Å²) in [6.07, 6.45) is 4.16. The number of hydrogen-bond acceptors (Lipinski definition) is 1. The summed E-state index contributed by atoms with van der Waals surface area (Å²) in [5, 5.41) is 0. The smallest absolute Gasteiger partial charge is 0.0519 e. The van der Waals surface area contributed by atoms with Gasteiger partial charge >= 0.3 is 0 Å². The van der Waals surface area contributed by atoms with Crippen molar-refractivity contribution < 1.29 is 37.5 Å². The third kappa shape index (κ3) is 3.66. The van der Waals surface area contributed by atoms with Gasteiger partial charge in [-0.25, -0.2) is 0 Å². The first-order valence-corrected chi connectivity index (χ1v) is 3.95. The molecule has 1 aliphatic rings. The molecule has 1 N–H and O–H groups in total. The molecule has 0 heterocycles. The fourth-order valence-corrected chi connectivity index (χ4v) is 1.52. The monoisotopic (exact) mass is 229 g/mol. The molecule has 1 saturated carbocycles. The van der Waals surface area contributed by atoms with Gasteiger partial charge in [0.15, 0.2) is 0 Å². The van der Waals surface area contributed by atoms with Crippen LogP contribution in [0.5, 0.6) is 0 Å². The van der Waals surface area contributed by atoms with Crippen LogP contribution >= 0.6 is 0 Å². The van der Waals surface area contributed by atoms with E-state index in [0.717, 1.165) is 31.6 Å². The third-order valence-electron chi connectivity index (χ3n) is 2.39. The summed E-state index contributed by atoms with van der Waals surface area (Å²) in [6, 6.07) is 0. The molecule has 0 aromatic carbocycles. The van der Waals surface area contributed by atoms with Gasteiger partial charge in [0.1, 0.15) is 0 Å². The minimum atomic E-state index is -0.355. The molecule has 0 aliphatic heterocycles. The Morgan fingerprint density at radius 2 is 1.73 bits per heavy atom. The van der Waals surface area contributed by atoms with Crippen LogP contribution in [0.25, 0.3) is 5.73 Å². The van der Waals surface area contributed by atoms with Crippen LogP contribution in [0.1, 0.15) is 32.6 Å². The minimum Gasteiger partial charge on any atom is -0.668 e. The van der Waals surface area contributed by atoms with Crippen molar-refractivity contribution in [1.29, 1.82) is 0 Å². The molecule has 1 fully saturated rings. The van der Waals surface area contributed by atoms with Gasteiger partial charge in [0.25, 0.3) is 0 Å². The first-order valence-electron chi connectivity index (χ1n) is 3.95. The largest absolute Gasteiger partial charge is 0.668 e. The molecule has 0 atom stereocenters. The van der Waals surface area contributed by atoms with Crippen LogP contribution in [0.15, 0.2) is 0 Å². The molecular weight excluding hydrogens is 215 g/mol. The molecule has 0 saturated heterocycles. The molecule has 1 radical (unpaired) electrons. The van der Waals surface area contributed by atoms with E-state index in [1.165, 1.54) is 0 Å². The Kier molecular flexibility index (Phi) is 5.53. The van der Waals surface area contributed by atoms with Gasteiger partial charge in [-0.3, -0.25) is 0 Å². The Morgan fingerprint density at radius 1 is 1.27 bits per heavy atom. The van der Waals surface area contributed by atoms with Gasteiger partial charge in [0, 0.05) is 38.6 Å². The summed E-state index contributed by atoms with van der Waals surface area (Å²) in [5.41, 5.74) is 6.90. The number of amides is 1. The first kappa shape index (κ1) is 11.6. The van der Waals surface area contributed by atoms with E-state index in [9.17, 15) is 4.79 Å². The second-order valence-corrected chi connectivity index (χ2v) is 3.32. The number of rotatable bonds is 1. The van der Waals surface area contributed by atoms with Crippen molar-refractivity contribution in [1.82, 2.24) is 0 Å². The third-order valence-corrected chi connectivity index (χ3v) is 2.39. The standard InChI is InChI=1S/C8H15NO.Y/c1-6-2-4-7(5-3-6)8(9)10;/h6-7H,2-5H2,1H3,(H2,9,10);/p-1. The second kappa shape index (κ2) is 5.26. The van der Waals surface area contributed by atoms with E-state index < -0.39 is 0 Å². The molecule has 0 unspecified atom stereocenters. The molecule has 1 aliphatic carbocycles. The van der Waals surface area contributed by atoms with Crippen molar-refractivity contribution in [3.05, 3.63) is 5.73 Å². The van der Waals surface area contributed by atoms with Gasteiger partial charge in [0.05, 0.1) is 5.91 Å². The number of hydrogen-bond donors (Lipinski definition) is 0. The molecule has 61 valence electrons. The van der Waals surface area contributed by atoms with Gasteiger partial charge in [-0.15, -0.1) is 0 Å². The summed E-state index contributed by atoms with van der Waals surface area (Å²) in [7, 11) is 0. The fourth-order valence-electron chi connectivity index (χ4n) is 1.52. The summed E-state index contributed by atoms with van der Waals surface area (Å²) in [6.45, 7) is 2.21. The van der Waals surface area contributed by atoms with Crippen LogP contribution in [0.4, 0.5) is 0 Å². The topological polar surface area (TPSA) is 40.9 Å². The van der Waals surface area contributed by atoms with E-state index in [0.29, 0.717) is 0 Å². The molecular formula is C8H14NOY-. The van der Waals surface area contributed by atoms with Crippen LogP contribution in [0.2, 0.25) is 0 Å². The quantitative estimate of drug-likeness (QED) is 0.680. The van der Waals surface area contributed by atoms with Gasteiger partial charge < -0.3 is 10.5 Å². The van der Waals surface area contributed by atoms with Crippen molar-refractivity contribution >= 4 is 5.91 Å². The molecule has 0 aromatic heterocycles. The predicted molar refractivity (Wildman–Crippen MR) is 40.5 cm³/mol. The maximum atomic E-state index is 10.6. The maximum Gasteiger partial charge on any atom is 0.0519 e. The normalized spacial score (nSPS) is 30.6. The number of carbonyl (C=O) groups is 1. The van der Waals surface area contributed by atoms with E-state index in [4.69, 9.17) is 5.73 Å². The van der Waals surface area contributed by atoms with Gasteiger partial charge in [-0.2, -0.15) is 0 Å². The van der Waals surface area contributed by atoms with Crippen LogP contribution in [-0.2, 0) is 37.5 Å². The van der Waals surface area contributed by atoms with Crippen molar-refractivity contribution in [3.63, 3.8) is 0 Å². The Hall–Kier alpha value is 0.574. The zero-order valence-corrected chi connectivity index (χ0v) is 9.81. The Morgan fingerprint density at radius 3 is 2.09 bits per heavy atom. The van der Waals surface area contributed by atoms with Crippen molar-refractivity contribution in [3.8, 4) is 0 Å². The van der Waals surface area contributed by atoms with Crippen molar-refractivity contribution in [2.75, 3.05) is 0 Å². The van der Waals surface area contributed by atoms with Gasteiger partial charge in [0.2, 0.25) is 0 Å². The van der Waals surface area contributed by atoms with E-state index in [2.05, 4.69) is 6.92 Å². The van der Waals surface area contributed by atoms with E-state index in [1.807, 2.05) is 0 Å². The van der Waals surface area contributed by atoms with Crippen LogP contribution in [0.3, 0.4) is 0 Å². The number of nitrogens with one attached hydrogen (secondary N) is 1. The Balaban J connectivity index is 0.000001000. The molecule has 11 heavy (non-hydrogen) atoms. The molecule has 3 heteroatoms. The van der Waals surface area contributed by atoms with Gasteiger partial charge in [-0.1, -0.05) is 19.8 Å². The van der Waals surface area contributed by atoms with Crippen molar-refractivity contribution in [2.45, 2.75) is 32.6 Å². The average molecular weight is 229 g/mol. The first-order chi connectivity index (χ1) is 4.70. The average Bonchev–Trinajstić information content (AvgIpc) is 1.88. The van der Waals surface area contributed by atoms with Crippen LogP contribution < -0.4 is 0 Å². The Labute approximate surface area is 93.2 Å².